The highest BCUT2D eigenvalue weighted by Crippen LogP contribution is 2.46. The number of para-hydroxylation sites is 1. The summed E-state index contributed by atoms with van der Waals surface area (Å²) in [6.07, 6.45) is 3.36. The van der Waals surface area contributed by atoms with Gasteiger partial charge in [-0.25, -0.2) is 4.68 Å². The van der Waals surface area contributed by atoms with Crippen LogP contribution in [0.1, 0.15) is 31.4 Å². The van der Waals surface area contributed by atoms with E-state index in [4.69, 9.17) is 9.47 Å². The SMILES string of the molecule is CCSc1nc2n(n1)[C@H](c1cccc(OC)c1OC)[C@H]1C(=O)CCC=C1N2. The third-order valence-electron chi connectivity index (χ3n) is 4.91. The van der Waals surface area contributed by atoms with Crippen LogP contribution in [0, 0.1) is 5.92 Å². The number of ketones is 1. The molecule has 2 heterocycles. The molecule has 8 heteroatoms. The van der Waals surface area contributed by atoms with Gasteiger partial charge in [-0.3, -0.25) is 4.79 Å². The molecule has 1 aromatic carbocycles. The summed E-state index contributed by atoms with van der Waals surface area (Å²) in [5.74, 6) is 2.64. The number of anilines is 1. The summed E-state index contributed by atoms with van der Waals surface area (Å²) in [6.45, 7) is 2.06. The Bertz CT molecular complexity index is 908. The molecular weight excluding hydrogens is 364 g/mol. The fourth-order valence-electron chi connectivity index (χ4n) is 3.80. The number of carbonyl (C=O) groups excluding carboxylic acids is 1. The van der Waals surface area contributed by atoms with Crippen LogP contribution in [-0.4, -0.2) is 40.5 Å². The first-order valence-corrected chi connectivity index (χ1v) is 9.96. The maximum absolute atomic E-state index is 12.9. The molecule has 4 rings (SSSR count). The van der Waals surface area contributed by atoms with Gasteiger partial charge in [0.15, 0.2) is 11.5 Å². The van der Waals surface area contributed by atoms with Crippen LogP contribution >= 0.6 is 11.8 Å². The first-order valence-electron chi connectivity index (χ1n) is 8.98. The molecular formula is C19H22N4O3S. The van der Waals surface area contributed by atoms with E-state index < -0.39 is 0 Å². The van der Waals surface area contributed by atoms with E-state index in [1.165, 1.54) is 0 Å². The Morgan fingerprint density at radius 1 is 1.33 bits per heavy atom. The Labute approximate surface area is 162 Å². The number of carbonyl (C=O) groups is 1. The Balaban J connectivity index is 1.92. The van der Waals surface area contributed by atoms with Gasteiger partial charge >= 0.3 is 0 Å². The fraction of sp³-hybridized carbons (Fsp3) is 0.421. The molecule has 1 aliphatic carbocycles. The quantitative estimate of drug-likeness (QED) is 0.790. The number of ether oxygens (including phenoxy) is 2. The van der Waals surface area contributed by atoms with Crippen LogP contribution in [0.2, 0.25) is 0 Å². The Morgan fingerprint density at radius 2 is 2.19 bits per heavy atom. The van der Waals surface area contributed by atoms with E-state index in [1.54, 1.807) is 26.0 Å². The van der Waals surface area contributed by atoms with E-state index in [0.717, 1.165) is 23.4 Å². The van der Waals surface area contributed by atoms with Crippen LogP contribution in [0.25, 0.3) is 0 Å². The third-order valence-corrected chi connectivity index (χ3v) is 5.63. The van der Waals surface area contributed by atoms with Gasteiger partial charge in [0, 0.05) is 17.7 Å². The lowest BCUT2D eigenvalue weighted by Crippen LogP contribution is -2.39. The minimum absolute atomic E-state index is 0.195. The van der Waals surface area contributed by atoms with E-state index in [-0.39, 0.29) is 17.7 Å². The molecule has 7 nitrogen and oxygen atoms in total. The lowest BCUT2D eigenvalue weighted by molar-refractivity contribution is -0.123. The molecule has 0 unspecified atom stereocenters. The van der Waals surface area contributed by atoms with E-state index in [2.05, 4.69) is 28.4 Å². The number of allylic oxidation sites excluding steroid dienone is 2. The summed E-state index contributed by atoms with van der Waals surface area (Å²) in [7, 11) is 3.22. The van der Waals surface area contributed by atoms with Crippen LogP contribution in [0.5, 0.6) is 11.5 Å². The number of methoxy groups -OCH3 is 2. The number of thioether (sulfide) groups is 1. The second kappa shape index (κ2) is 7.26. The molecule has 1 aromatic heterocycles. The molecule has 0 fully saturated rings. The van der Waals surface area contributed by atoms with Crippen LogP contribution in [0.3, 0.4) is 0 Å². The van der Waals surface area contributed by atoms with Gasteiger partial charge in [-0.1, -0.05) is 36.9 Å². The average molecular weight is 386 g/mol. The number of hydrogen-bond donors (Lipinski definition) is 1. The monoisotopic (exact) mass is 386 g/mol. The van der Waals surface area contributed by atoms with Crippen molar-refractivity contribution >= 4 is 23.5 Å². The minimum atomic E-state index is -0.339. The summed E-state index contributed by atoms with van der Waals surface area (Å²) >= 11 is 1.57. The van der Waals surface area contributed by atoms with E-state index in [1.807, 2.05) is 22.9 Å². The summed E-state index contributed by atoms with van der Waals surface area (Å²) < 4.78 is 13.0. The van der Waals surface area contributed by atoms with Crippen molar-refractivity contribution in [3.05, 3.63) is 35.5 Å². The molecule has 0 spiro atoms. The van der Waals surface area contributed by atoms with Crippen molar-refractivity contribution in [2.24, 2.45) is 5.92 Å². The number of nitrogens with one attached hydrogen (secondary N) is 1. The number of benzene rings is 1. The van der Waals surface area contributed by atoms with Crippen LogP contribution in [-0.2, 0) is 4.79 Å². The molecule has 0 bridgehead atoms. The highest BCUT2D eigenvalue weighted by atomic mass is 32.2. The number of aromatic nitrogens is 3. The normalized spacial score (nSPS) is 21.0. The number of fused-ring (bicyclic) bond motifs is 2. The van der Waals surface area contributed by atoms with Crippen molar-refractivity contribution in [3.8, 4) is 11.5 Å². The van der Waals surface area contributed by atoms with Crippen molar-refractivity contribution in [1.82, 2.24) is 14.8 Å². The highest BCUT2D eigenvalue weighted by Gasteiger charge is 2.43. The number of hydrogen-bond acceptors (Lipinski definition) is 7. The Kier molecular flexibility index (Phi) is 4.82. The lowest BCUT2D eigenvalue weighted by atomic mass is 9.80. The van der Waals surface area contributed by atoms with Crippen LogP contribution < -0.4 is 14.8 Å². The molecule has 1 aliphatic heterocycles. The predicted octanol–water partition coefficient (Wildman–Crippen LogP) is 3.29. The van der Waals surface area contributed by atoms with E-state index in [0.29, 0.717) is 29.0 Å². The summed E-state index contributed by atoms with van der Waals surface area (Å²) in [5.41, 5.74) is 1.76. The highest BCUT2D eigenvalue weighted by molar-refractivity contribution is 7.99. The van der Waals surface area contributed by atoms with Crippen molar-refractivity contribution in [2.75, 3.05) is 25.3 Å². The van der Waals surface area contributed by atoms with Gasteiger partial charge in [-0.05, 0) is 18.2 Å². The van der Waals surface area contributed by atoms with E-state index in [9.17, 15) is 4.79 Å². The first kappa shape index (κ1) is 17.9. The molecule has 2 aliphatic rings. The van der Waals surface area contributed by atoms with Gasteiger partial charge in [-0.15, -0.1) is 5.10 Å². The summed E-state index contributed by atoms with van der Waals surface area (Å²) in [5, 5.41) is 8.70. The summed E-state index contributed by atoms with van der Waals surface area (Å²) in [6, 6.07) is 5.40. The molecule has 2 atom stereocenters. The zero-order valence-corrected chi connectivity index (χ0v) is 16.4. The molecule has 1 N–H and O–H groups in total. The maximum Gasteiger partial charge on any atom is 0.227 e. The standard InChI is InChI=1S/C19H22N4O3S/c1-4-27-19-21-18-20-12-8-6-9-13(24)15(12)16(23(18)22-19)11-7-5-10-14(25-2)17(11)26-3/h5,7-8,10,15-16H,4,6,9H2,1-3H3,(H,20,21,22)/t15-,16-/m1/s1. The van der Waals surface area contributed by atoms with Gasteiger partial charge in [0.05, 0.1) is 26.2 Å². The number of nitrogens with zero attached hydrogens (tertiary/aromatic N) is 3. The second-order valence-corrected chi connectivity index (χ2v) is 7.62. The van der Waals surface area contributed by atoms with Crippen molar-refractivity contribution in [2.45, 2.75) is 31.0 Å². The average Bonchev–Trinajstić information content (AvgIpc) is 3.08. The number of rotatable bonds is 5. The Morgan fingerprint density at radius 3 is 2.93 bits per heavy atom. The van der Waals surface area contributed by atoms with Gasteiger partial charge in [-0.2, -0.15) is 4.98 Å². The second-order valence-electron chi connectivity index (χ2n) is 6.39. The van der Waals surface area contributed by atoms with Crippen LogP contribution in [0.15, 0.2) is 35.1 Å². The van der Waals surface area contributed by atoms with Crippen LogP contribution in [0.4, 0.5) is 5.95 Å². The van der Waals surface area contributed by atoms with Gasteiger partial charge in [0.25, 0.3) is 0 Å². The maximum atomic E-state index is 12.9. The largest absolute Gasteiger partial charge is 0.493 e. The number of Topliss-reactive ketones (excluding diaryl/α,β-unsaturated/α-hetero) is 1. The molecule has 0 saturated heterocycles. The van der Waals surface area contributed by atoms with E-state index >= 15 is 0 Å². The Hall–Kier alpha value is -2.48. The fourth-order valence-corrected chi connectivity index (χ4v) is 4.36. The lowest BCUT2D eigenvalue weighted by Gasteiger charge is -2.36. The molecule has 0 amide bonds. The zero-order valence-electron chi connectivity index (χ0n) is 15.6. The molecule has 2 aromatic rings. The van der Waals surface area contributed by atoms with Gasteiger partial charge in [0.2, 0.25) is 11.1 Å². The smallest absolute Gasteiger partial charge is 0.227 e. The van der Waals surface area contributed by atoms with Crippen molar-refractivity contribution in [3.63, 3.8) is 0 Å². The molecule has 0 radical (unpaired) electrons. The molecule has 142 valence electrons. The van der Waals surface area contributed by atoms with Crippen molar-refractivity contribution < 1.29 is 14.3 Å². The molecule has 0 saturated carbocycles. The van der Waals surface area contributed by atoms with Crippen molar-refractivity contribution in [1.29, 1.82) is 0 Å². The third kappa shape index (κ3) is 2.97. The predicted molar refractivity (Wildman–Crippen MR) is 104 cm³/mol. The molecule has 27 heavy (non-hydrogen) atoms. The minimum Gasteiger partial charge on any atom is -0.493 e. The van der Waals surface area contributed by atoms with Gasteiger partial charge < -0.3 is 14.8 Å². The first-order chi connectivity index (χ1) is 13.2. The topological polar surface area (TPSA) is 78.3 Å². The van der Waals surface area contributed by atoms with Gasteiger partial charge in [0.1, 0.15) is 5.78 Å². The summed E-state index contributed by atoms with van der Waals surface area (Å²) in [4.78, 5) is 17.5. The zero-order chi connectivity index (χ0) is 19.0.